The lowest BCUT2D eigenvalue weighted by atomic mass is 9.77. The van der Waals surface area contributed by atoms with E-state index in [1.54, 1.807) is 0 Å². The first kappa shape index (κ1) is 9.96. The highest BCUT2D eigenvalue weighted by Gasteiger charge is 2.41. The van der Waals surface area contributed by atoms with Crippen LogP contribution in [0.1, 0.15) is 20.3 Å². The van der Waals surface area contributed by atoms with Crippen molar-refractivity contribution in [3.05, 3.63) is 0 Å². The van der Waals surface area contributed by atoms with E-state index in [-0.39, 0.29) is 17.4 Å². The Morgan fingerprint density at radius 2 is 2.25 bits per heavy atom. The summed E-state index contributed by atoms with van der Waals surface area (Å²) >= 11 is 0. The highest BCUT2D eigenvalue weighted by Crippen LogP contribution is 2.34. The number of aliphatic hydroxyl groups is 1. The van der Waals surface area contributed by atoms with Crippen molar-refractivity contribution in [2.75, 3.05) is 19.8 Å². The number of ether oxygens (including phenoxy) is 1. The fraction of sp³-hybridized carbons (Fsp3) is 1.00. The van der Waals surface area contributed by atoms with E-state index in [2.05, 4.69) is 0 Å². The van der Waals surface area contributed by atoms with Crippen molar-refractivity contribution in [1.29, 1.82) is 0 Å². The number of rotatable bonds is 3. The number of aliphatic hydroxyl groups excluding tert-OH is 1. The molecule has 2 atom stereocenters. The lowest BCUT2D eigenvalue weighted by Crippen LogP contribution is -2.45. The molecule has 1 fully saturated rings. The molecular formula is C9H19NO2. The molecule has 1 saturated heterocycles. The molecule has 0 spiro atoms. The van der Waals surface area contributed by atoms with Crippen LogP contribution < -0.4 is 5.73 Å². The highest BCUT2D eigenvalue weighted by molar-refractivity contribution is 4.91. The maximum atomic E-state index is 9.92. The zero-order valence-electron chi connectivity index (χ0n) is 7.92. The summed E-state index contributed by atoms with van der Waals surface area (Å²) in [7, 11) is 0. The van der Waals surface area contributed by atoms with Gasteiger partial charge in [-0.3, -0.25) is 0 Å². The first-order chi connectivity index (χ1) is 5.62. The minimum atomic E-state index is -0.329. The van der Waals surface area contributed by atoms with Crippen molar-refractivity contribution in [2.45, 2.75) is 26.4 Å². The van der Waals surface area contributed by atoms with Crippen LogP contribution in [0.2, 0.25) is 0 Å². The van der Waals surface area contributed by atoms with E-state index in [0.29, 0.717) is 13.2 Å². The van der Waals surface area contributed by atoms with Crippen LogP contribution in [0.5, 0.6) is 0 Å². The molecule has 0 aromatic heterocycles. The number of nitrogens with two attached hydrogens (primary N) is 1. The summed E-state index contributed by atoms with van der Waals surface area (Å²) in [6, 6.07) is 0. The molecule has 3 N–H and O–H groups in total. The van der Waals surface area contributed by atoms with Crippen LogP contribution in [0.25, 0.3) is 0 Å². The summed E-state index contributed by atoms with van der Waals surface area (Å²) in [5.74, 6) is 0.259. The fourth-order valence-electron chi connectivity index (χ4n) is 1.85. The van der Waals surface area contributed by atoms with Gasteiger partial charge >= 0.3 is 0 Å². The van der Waals surface area contributed by atoms with Crippen molar-refractivity contribution < 1.29 is 9.84 Å². The molecular weight excluding hydrogens is 154 g/mol. The topological polar surface area (TPSA) is 55.5 Å². The molecule has 3 heteroatoms. The first-order valence-electron chi connectivity index (χ1n) is 4.58. The summed E-state index contributed by atoms with van der Waals surface area (Å²) in [6.45, 7) is 5.90. The van der Waals surface area contributed by atoms with E-state index in [9.17, 15) is 5.11 Å². The van der Waals surface area contributed by atoms with E-state index < -0.39 is 0 Å². The van der Waals surface area contributed by atoms with Crippen LogP contribution in [0, 0.1) is 11.3 Å². The molecule has 12 heavy (non-hydrogen) atoms. The Kier molecular flexibility index (Phi) is 3.09. The summed E-state index contributed by atoms with van der Waals surface area (Å²) in [5, 5.41) is 9.92. The maximum Gasteiger partial charge on any atom is 0.0654 e. The Morgan fingerprint density at radius 1 is 1.58 bits per heavy atom. The molecule has 0 aromatic carbocycles. The van der Waals surface area contributed by atoms with E-state index >= 15 is 0 Å². The lowest BCUT2D eigenvalue weighted by Gasteiger charge is -2.33. The van der Waals surface area contributed by atoms with Crippen molar-refractivity contribution in [2.24, 2.45) is 17.1 Å². The van der Waals surface area contributed by atoms with Crippen molar-refractivity contribution in [3.8, 4) is 0 Å². The molecule has 1 aliphatic rings. The van der Waals surface area contributed by atoms with Gasteiger partial charge < -0.3 is 15.6 Å². The summed E-state index contributed by atoms with van der Waals surface area (Å²) in [6.07, 6.45) is 0.563. The van der Waals surface area contributed by atoms with Crippen LogP contribution in [0.15, 0.2) is 0 Å². The Bertz CT molecular complexity index is 141. The molecule has 0 bridgehead atoms. The molecule has 1 aliphatic heterocycles. The van der Waals surface area contributed by atoms with Gasteiger partial charge in [0.2, 0.25) is 0 Å². The van der Waals surface area contributed by atoms with Gasteiger partial charge in [0, 0.05) is 18.6 Å². The van der Waals surface area contributed by atoms with Gasteiger partial charge in [-0.25, -0.2) is 0 Å². The van der Waals surface area contributed by atoms with E-state index in [4.69, 9.17) is 10.5 Å². The first-order valence-corrected chi connectivity index (χ1v) is 4.58. The molecule has 0 saturated carbocycles. The van der Waals surface area contributed by atoms with Gasteiger partial charge in [-0.1, -0.05) is 13.8 Å². The largest absolute Gasteiger partial charge is 0.392 e. The number of hydrogen-bond acceptors (Lipinski definition) is 3. The monoisotopic (exact) mass is 173 g/mol. The van der Waals surface area contributed by atoms with Crippen LogP contribution in [0.4, 0.5) is 0 Å². The second-order valence-electron chi connectivity index (χ2n) is 4.06. The molecule has 0 aliphatic carbocycles. The fourth-order valence-corrected chi connectivity index (χ4v) is 1.85. The zero-order chi connectivity index (χ0) is 9.19. The second kappa shape index (κ2) is 3.73. The third-order valence-corrected chi connectivity index (χ3v) is 2.80. The molecule has 0 aromatic rings. The smallest absolute Gasteiger partial charge is 0.0654 e. The maximum absolute atomic E-state index is 9.92. The third kappa shape index (κ3) is 1.63. The Labute approximate surface area is 73.9 Å². The van der Waals surface area contributed by atoms with Crippen LogP contribution in [-0.2, 0) is 4.74 Å². The quantitative estimate of drug-likeness (QED) is 0.648. The summed E-state index contributed by atoms with van der Waals surface area (Å²) < 4.78 is 5.28. The molecule has 0 amide bonds. The minimum Gasteiger partial charge on any atom is -0.392 e. The molecule has 1 rings (SSSR count). The highest BCUT2D eigenvalue weighted by atomic mass is 16.5. The van der Waals surface area contributed by atoms with Gasteiger partial charge in [0.25, 0.3) is 0 Å². The molecule has 1 heterocycles. The van der Waals surface area contributed by atoms with E-state index in [1.807, 2.05) is 13.8 Å². The van der Waals surface area contributed by atoms with Crippen molar-refractivity contribution >= 4 is 0 Å². The van der Waals surface area contributed by atoms with E-state index in [0.717, 1.165) is 13.0 Å². The summed E-state index contributed by atoms with van der Waals surface area (Å²) in [5.41, 5.74) is 5.50. The molecule has 3 nitrogen and oxygen atoms in total. The van der Waals surface area contributed by atoms with E-state index in [1.165, 1.54) is 0 Å². The van der Waals surface area contributed by atoms with Gasteiger partial charge in [-0.05, 0) is 12.3 Å². The average Bonchev–Trinajstić information content (AvgIpc) is 2.52. The van der Waals surface area contributed by atoms with Gasteiger partial charge in [0.1, 0.15) is 0 Å². The van der Waals surface area contributed by atoms with Gasteiger partial charge in [0.05, 0.1) is 12.7 Å². The predicted octanol–water partition coefficient (Wildman–Crippen LogP) is 0.369. The lowest BCUT2D eigenvalue weighted by molar-refractivity contribution is -0.00992. The van der Waals surface area contributed by atoms with Crippen LogP contribution >= 0.6 is 0 Å². The second-order valence-corrected chi connectivity index (χ2v) is 4.06. The number of hydrogen-bond donors (Lipinski definition) is 2. The molecule has 2 unspecified atom stereocenters. The normalized spacial score (nSPS) is 32.8. The van der Waals surface area contributed by atoms with Gasteiger partial charge in [-0.2, -0.15) is 0 Å². The Morgan fingerprint density at radius 3 is 2.58 bits per heavy atom. The average molecular weight is 173 g/mol. The van der Waals surface area contributed by atoms with Gasteiger partial charge in [0.15, 0.2) is 0 Å². The third-order valence-electron chi connectivity index (χ3n) is 2.80. The van der Waals surface area contributed by atoms with Gasteiger partial charge in [-0.15, -0.1) is 0 Å². The SMILES string of the molecule is CC(C)C(O)C1(CN)CCOC1. The van der Waals surface area contributed by atoms with Crippen molar-refractivity contribution in [3.63, 3.8) is 0 Å². The standard InChI is InChI=1S/C9H19NO2/c1-7(2)8(11)9(5-10)3-4-12-6-9/h7-8,11H,3-6,10H2,1-2H3. The van der Waals surface area contributed by atoms with Crippen molar-refractivity contribution in [1.82, 2.24) is 0 Å². The Hall–Kier alpha value is -0.120. The molecule has 0 radical (unpaired) electrons. The Balaban J connectivity index is 2.65. The van der Waals surface area contributed by atoms with Crippen LogP contribution in [0.3, 0.4) is 0 Å². The summed E-state index contributed by atoms with van der Waals surface area (Å²) in [4.78, 5) is 0. The predicted molar refractivity (Wildman–Crippen MR) is 47.8 cm³/mol. The molecule has 72 valence electrons. The minimum absolute atomic E-state index is 0.172. The zero-order valence-corrected chi connectivity index (χ0v) is 7.92. The van der Waals surface area contributed by atoms with Crippen LogP contribution in [-0.4, -0.2) is 31.0 Å².